The monoisotopic (exact) mass is 422 g/mol. The minimum Gasteiger partial charge on any atom is -0.484 e. The Bertz CT molecular complexity index is 938. The van der Waals surface area contributed by atoms with E-state index in [1.54, 1.807) is 18.2 Å². The number of thiocarbonyl (C=S) groups is 1. The molecular formula is C17H15ClN4O5S. The molecule has 0 saturated heterocycles. The maximum Gasteiger partial charge on any atom is 0.288 e. The Labute approximate surface area is 170 Å². The largest absolute Gasteiger partial charge is 0.484 e. The van der Waals surface area contributed by atoms with Crippen molar-refractivity contribution in [2.24, 2.45) is 0 Å². The highest BCUT2D eigenvalue weighted by Crippen LogP contribution is 2.24. The highest BCUT2D eigenvalue weighted by molar-refractivity contribution is 7.80. The molecule has 28 heavy (non-hydrogen) atoms. The van der Waals surface area contributed by atoms with Crippen molar-refractivity contribution in [3.63, 3.8) is 0 Å². The molecule has 0 heterocycles. The van der Waals surface area contributed by atoms with Crippen molar-refractivity contribution in [2.75, 3.05) is 6.61 Å². The topological polar surface area (TPSA) is 123 Å². The molecule has 3 N–H and O–H groups in total. The SMILES string of the molecule is Cc1cccc(OCC(=O)NNC(=S)NC(=O)c2ccc(Cl)c([N+](=O)[O-])c2)c1. The Balaban J connectivity index is 1.81. The lowest BCUT2D eigenvalue weighted by molar-refractivity contribution is -0.384. The van der Waals surface area contributed by atoms with Crippen molar-refractivity contribution < 1.29 is 19.2 Å². The van der Waals surface area contributed by atoms with Gasteiger partial charge in [0.1, 0.15) is 10.8 Å². The number of nitrogens with one attached hydrogen (secondary N) is 3. The van der Waals surface area contributed by atoms with Crippen molar-refractivity contribution in [3.8, 4) is 5.75 Å². The number of ether oxygens (including phenoxy) is 1. The van der Waals surface area contributed by atoms with Crippen molar-refractivity contribution in [3.05, 3.63) is 68.7 Å². The van der Waals surface area contributed by atoms with Crippen molar-refractivity contribution in [2.45, 2.75) is 6.92 Å². The summed E-state index contributed by atoms with van der Waals surface area (Å²) in [6.45, 7) is 1.63. The Morgan fingerprint density at radius 3 is 2.64 bits per heavy atom. The summed E-state index contributed by atoms with van der Waals surface area (Å²) >= 11 is 10.6. The molecule has 2 rings (SSSR count). The molecule has 2 aromatic carbocycles. The third-order valence-corrected chi connectivity index (χ3v) is 3.83. The molecule has 146 valence electrons. The third kappa shape index (κ3) is 6.18. The minimum absolute atomic E-state index is 0.0191. The molecule has 0 bridgehead atoms. The van der Waals surface area contributed by atoms with Crippen LogP contribution in [0.15, 0.2) is 42.5 Å². The van der Waals surface area contributed by atoms with Gasteiger partial charge in [-0.3, -0.25) is 35.9 Å². The maximum atomic E-state index is 12.1. The van der Waals surface area contributed by atoms with Crippen LogP contribution in [0.3, 0.4) is 0 Å². The van der Waals surface area contributed by atoms with E-state index in [-0.39, 0.29) is 22.3 Å². The van der Waals surface area contributed by atoms with Crippen LogP contribution in [0, 0.1) is 17.0 Å². The number of rotatable bonds is 5. The van der Waals surface area contributed by atoms with E-state index in [0.29, 0.717) is 5.75 Å². The van der Waals surface area contributed by atoms with E-state index in [9.17, 15) is 19.7 Å². The lowest BCUT2D eigenvalue weighted by Crippen LogP contribution is -2.49. The van der Waals surface area contributed by atoms with E-state index >= 15 is 0 Å². The Kier molecular flexibility index (Phi) is 7.24. The summed E-state index contributed by atoms with van der Waals surface area (Å²) < 4.78 is 5.32. The number of nitro groups is 1. The average Bonchev–Trinajstić information content (AvgIpc) is 2.64. The number of benzene rings is 2. The zero-order chi connectivity index (χ0) is 20.7. The summed E-state index contributed by atoms with van der Waals surface area (Å²) in [5, 5.41) is 12.9. The van der Waals surface area contributed by atoms with Crippen LogP contribution >= 0.6 is 23.8 Å². The maximum absolute atomic E-state index is 12.1. The van der Waals surface area contributed by atoms with Gasteiger partial charge in [0.05, 0.1) is 4.92 Å². The standard InChI is InChI=1S/C17H15ClN4O5S/c1-10-3-2-4-12(7-10)27-9-15(23)20-21-17(28)19-16(24)11-5-6-13(18)14(8-11)22(25)26/h2-8H,9H2,1H3,(H,20,23)(H2,19,21,24,28). The lowest BCUT2D eigenvalue weighted by Gasteiger charge is -2.11. The highest BCUT2D eigenvalue weighted by Gasteiger charge is 2.17. The molecular weight excluding hydrogens is 408 g/mol. The molecule has 0 spiro atoms. The van der Waals surface area contributed by atoms with Crippen LogP contribution in [0.2, 0.25) is 5.02 Å². The average molecular weight is 423 g/mol. The molecule has 2 aromatic rings. The van der Waals surface area contributed by atoms with Crippen LogP contribution in [0.1, 0.15) is 15.9 Å². The molecule has 0 aliphatic rings. The van der Waals surface area contributed by atoms with Gasteiger partial charge in [0, 0.05) is 11.6 Å². The van der Waals surface area contributed by atoms with Gasteiger partial charge >= 0.3 is 0 Å². The quantitative estimate of drug-likeness (QED) is 0.383. The first-order chi connectivity index (χ1) is 13.3. The third-order valence-electron chi connectivity index (χ3n) is 3.31. The number of nitrogens with zero attached hydrogens (tertiary/aromatic N) is 1. The predicted octanol–water partition coefficient (Wildman–Crippen LogP) is 2.27. The van der Waals surface area contributed by atoms with Crippen LogP contribution in [-0.4, -0.2) is 28.5 Å². The fourth-order valence-corrected chi connectivity index (χ4v) is 2.35. The smallest absolute Gasteiger partial charge is 0.288 e. The molecule has 0 aliphatic carbocycles. The van der Waals surface area contributed by atoms with Gasteiger partial charge < -0.3 is 4.74 Å². The van der Waals surface area contributed by atoms with Crippen LogP contribution in [0.25, 0.3) is 0 Å². The molecule has 9 nitrogen and oxygen atoms in total. The summed E-state index contributed by atoms with van der Waals surface area (Å²) in [6, 6.07) is 10.7. The number of hydrogen-bond acceptors (Lipinski definition) is 6. The van der Waals surface area contributed by atoms with E-state index in [1.807, 2.05) is 13.0 Å². The van der Waals surface area contributed by atoms with Gasteiger partial charge in [0.2, 0.25) is 0 Å². The zero-order valence-corrected chi connectivity index (χ0v) is 16.1. The number of carbonyl (C=O) groups is 2. The molecule has 0 aliphatic heterocycles. The Morgan fingerprint density at radius 2 is 1.96 bits per heavy atom. The number of hydrazine groups is 1. The van der Waals surface area contributed by atoms with E-state index in [1.165, 1.54) is 12.1 Å². The highest BCUT2D eigenvalue weighted by atomic mass is 35.5. The summed E-state index contributed by atoms with van der Waals surface area (Å²) in [4.78, 5) is 34.0. The van der Waals surface area contributed by atoms with Gasteiger partial charge in [-0.05, 0) is 49.0 Å². The summed E-state index contributed by atoms with van der Waals surface area (Å²) in [6.07, 6.45) is 0. The summed E-state index contributed by atoms with van der Waals surface area (Å²) in [7, 11) is 0. The predicted molar refractivity (Wildman–Crippen MR) is 106 cm³/mol. The molecule has 0 radical (unpaired) electrons. The van der Waals surface area contributed by atoms with Crippen LogP contribution < -0.4 is 20.9 Å². The molecule has 2 amide bonds. The number of carbonyl (C=O) groups excluding carboxylic acids is 2. The second kappa shape index (κ2) is 9.62. The first-order valence-electron chi connectivity index (χ1n) is 7.80. The van der Waals surface area contributed by atoms with Gasteiger partial charge in [0.15, 0.2) is 11.7 Å². The van der Waals surface area contributed by atoms with Crippen molar-refractivity contribution in [1.82, 2.24) is 16.2 Å². The van der Waals surface area contributed by atoms with Crippen molar-refractivity contribution >= 4 is 46.4 Å². The fourth-order valence-electron chi connectivity index (χ4n) is 2.02. The molecule has 0 saturated carbocycles. The van der Waals surface area contributed by atoms with Crippen LogP contribution in [0.5, 0.6) is 5.75 Å². The van der Waals surface area contributed by atoms with Crippen LogP contribution in [0.4, 0.5) is 5.69 Å². The van der Waals surface area contributed by atoms with Gasteiger partial charge in [-0.1, -0.05) is 23.7 Å². The van der Waals surface area contributed by atoms with E-state index in [4.69, 9.17) is 28.6 Å². The molecule has 0 fully saturated rings. The molecule has 0 atom stereocenters. The number of halogens is 1. The fraction of sp³-hybridized carbons (Fsp3) is 0.118. The number of aryl methyl sites for hydroxylation is 1. The first-order valence-corrected chi connectivity index (χ1v) is 8.58. The van der Waals surface area contributed by atoms with E-state index in [2.05, 4.69) is 16.2 Å². The number of nitro benzene ring substituents is 1. The molecule has 0 aromatic heterocycles. The lowest BCUT2D eigenvalue weighted by atomic mass is 10.2. The summed E-state index contributed by atoms with van der Waals surface area (Å²) in [5.74, 6) is -0.696. The normalized spacial score (nSPS) is 9.93. The van der Waals surface area contributed by atoms with Gasteiger partial charge in [-0.15, -0.1) is 0 Å². The second-order valence-electron chi connectivity index (χ2n) is 5.48. The van der Waals surface area contributed by atoms with E-state index < -0.39 is 22.4 Å². The zero-order valence-electron chi connectivity index (χ0n) is 14.5. The molecule has 11 heteroatoms. The van der Waals surface area contributed by atoms with Crippen LogP contribution in [-0.2, 0) is 4.79 Å². The number of amides is 2. The van der Waals surface area contributed by atoms with Gasteiger partial charge in [-0.25, -0.2) is 0 Å². The Morgan fingerprint density at radius 1 is 1.21 bits per heavy atom. The number of hydrogen-bond donors (Lipinski definition) is 3. The Hall–Kier alpha value is -3.24. The molecule has 0 unspecified atom stereocenters. The first kappa shape index (κ1) is 21.1. The second-order valence-corrected chi connectivity index (χ2v) is 6.30. The summed E-state index contributed by atoms with van der Waals surface area (Å²) in [5.41, 5.74) is 5.16. The van der Waals surface area contributed by atoms with Gasteiger partial charge in [-0.2, -0.15) is 0 Å². The van der Waals surface area contributed by atoms with E-state index in [0.717, 1.165) is 11.6 Å². The van der Waals surface area contributed by atoms with Crippen molar-refractivity contribution in [1.29, 1.82) is 0 Å². The van der Waals surface area contributed by atoms with Gasteiger partial charge in [0.25, 0.3) is 17.5 Å². The minimum atomic E-state index is -0.706.